The van der Waals surface area contributed by atoms with E-state index >= 15 is 0 Å². The number of benzene rings is 1. The number of likely N-dealkylation sites (tertiary alicyclic amines) is 1. The molecule has 1 atom stereocenters. The van der Waals surface area contributed by atoms with Crippen LogP contribution in [0.1, 0.15) is 25.7 Å². The molecular weight excluding hydrogens is 323 g/mol. The average Bonchev–Trinajstić information content (AvgIpc) is 3.39. The molecule has 1 aromatic carbocycles. The first-order chi connectivity index (χ1) is 11.5. The predicted molar refractivity (Wildman–Crippen MR) is 80.8 cm³/mol. The highest BCUT2D eigenvalue weighted by atomic mass is 19.2. The Morgan fingerprint density at radius 3 is 2.54 bits per heavy atom. The molecule has 1 saturated heterocycles. The average molecular weight is 341 g/mol. The number of hydrogen-bond donors (Lipinski definition) is 2. The Bertz CT molecular complexity index is 664. The second kappa shape index (κ2) is 6.70. The summed E-state index contributed by atoms with van der Waals surface area (Å²) in [5.74, 6) is -5.39. The van der Waals surface area contributed by atoms with Crippen LogP contribution in [-0.2, 0) is 4.79 Å². The molecule has 0 bridgehead atoms. The van der Waals surface area contributed by atoms with Crippen molar-refractivity contribution >= 4 is 17.6 Å². The fourth-order valence-electron chi connectivity index (χ4n) is 2.73. The van der Waals surface area contributed by atoms with Crippen molar-refractivity contribution in [3.63, 3.8) is 0 Å². The zero-order valence-corrected chi connectivity index (χ0v) is 12.9. The first-order valence-electron chi connectivity index (χ1n) is 7.95. The Hall–Kier alpha value is -2.25. The fraction of sp³-hybridized carbons (Fsp3) is 0.500. The molecule has 1 aromatic rings. The van der Waals surface area contributed by atoms with E-state index in [2.05, 4.69) is 10.6 Å². The molecular formula is C16H18F3N3O2. The van der Waals surface area contributed by atoms with Gasteiger partial charge in [-0.05, 0) is 37.8 Å². The van der Waals surface area contributed by atoms with Gasteiger partial charge in [0.2, 0.25) is 5.91 Å². The molecule has 3 rings (SSSR count). The van der Waals surface area contributed by atoms with Crippen LogP contribution in [0.4, 0.5) is 23.7 Å². The number of rotatable bonds is 3. The van der Waals surface area contributed by atoms with E-state index in [-0.39, 0.29) is 18.6 Å². The van der Waals surface area contributed by atoms with Crippen molar-refractivity contribution in [2.24, 2.45) is 5.92 Å². The van der Waals surface area contributed by atoms with Crippen molar-refractivity contribution in [1.29, 1.82) is 0 Å². The zero-order valence-electron chi connectivity index (χ0n) is 12.9. The van der Waals surface area contributed by atoms with Crippen LogP contribution < -0.4 is 10.6 Å². The molecule has 1 aliphatic heterocycles. The van der Waals surface area contributed by atoms with Crippen LogP contribution in [-0.4, -0.2) is 36.0 Å². The van der Waals surface area contributed by atoms with Gasteiger partial charge in [-0.15, -0.1) is 0 Å². The number of nitrogens with zero attached hydrogens (tertiary/aromatic N) is 1. The van der Waals surface area contributed by atoms with Gasteiger partial charge in [0.15, 0.2) is 17.5 Å². The molecule has 2 aliphatic rings. The van der Waals surface area contributed by atoms with Gasteiger partial charge in [-0.1, -0.05) is 0 Å². The van der Waals surface area contributed by atoms with E-state index in [1.54, 1.807) is 4.90 Å². The molecule has 5 nitrogen and oxygen atoms in total. The van der Waals surface area contributed by atoms with E-state index in [1.807, 2.05) is 0 Å². The predicted octanol–water partition coefficient (Wildman–Crippen LogP) is 2.63. The normalized spacial score (nSPS) is 20.6. The molecule has 2 N–H and O–H groups in total. The van der Waals surface area contributed by atoms with Crippen molar-refractivity contribution in [3.8, 4) is 0 Å². The van der Waals surface area contributed by atoms with Crippen LogP contribution in [0.5, 0.6) is 0 Å². The number of hydrogen-bond acceptors (Lipinski definition) is 2. The van der Waals surface area contributed by atoms with Crippen LogP contribution in [0.2, 0.25) is 0 Å². The Morgan fingerprint density at radius 1 is 1.08 bits per heavy atom. The quantitative estimate of drug-likeness (QED) is 0.831. The molecule has 24 heavy (non-hydrogen) atoms. The third-order valence-electron chi connectivity index (χ3n) is 4.28. The molecule has 2 fully saturated rings. The molecule has 0 radical (unpaired) electrons. The summed E-state index contributed by atoms with van der Waals surface area (Å²) in [6.45, 7) is 0.775. The van der Waals surface area contributed by atoms with Gasteiger partial charge in [0, 0.05) is 19.1 Å². The SMILES string of the molecule is O=C(Nc1ccc(F)c(F)c1F)C1CCCN(C(=O)NC2CC2)C1. The van der Waals surface area contributed by atoms with Gasteiger partial charge in [-0.2, -0.15) is 0 Å². The monoisotopic (exact) mass is 341 g/mol. The standard InChI is InChI=1S/C16H18F3N3O2/c17-11-5-6-12(14(19)13(11)18)21-15(23)9-2-1-7-22(8-9)16(24)20-10-3-4-10/h5-6,9-10H,1-4,7-8H2,(H,20,24)(H,21,23). The van der Waals surface area contributed by atoms with E-state index in [4.69, 9.17) is 0 Å². The van der Waals surface area contributed by atoms with Crippen LogP contribution in [0, 0.1) is 23.4 Å². The summed E-state index contributed by atoms with van der Waals surface area (Å²) < 4.78 is 39.8. The number of urea groups is 1. The lowest BCUT2D eigenvalue weighted by Gasteiger charge is -2.32. The summed E-state index contributed by atoms with van der Waals surface area (Å²) in [5, 5.41) is 5.14. The second-order valence-corrected chi connectivity index (χ2v) is 6.22. The number of halogens is 3. The smallest absolute Gasteiger partial charge is 0.317 e. The van der Waals surface area contributed by atoms with E-state index in [1.165, 1.54) is 0 Å². The summed E-state index contributed by atoms with van der Waals surface area (Å²) in [6, 6.07) is 1.76. The van der Waals surface area contributed by atoms with Gasteiger partial charge < -0.3 is 15.5 Å². The maximum Gasteiger partial charge on any atom is 0.317 e. The van der Waals surface area contributed by atoms with Crippen LogP contribution in [0.15, 0.2) is 12.1 Å². The third kappa shape index (κ3) is 3.63. The third-order valence-corrected chi connectivity index (χ3v) is 4.28. The van der Waals surface area contributed by atoms with Crippen molar-refractivity contribution in [2.75, 3.05) is 18.4 Å². The molecule has 0 aromatic heterocycles. The first kappa shape index (κ1) is 16.6. The minimum absolute atomic E-state index is 0.200. The van der Waals surface area contributed by atoms with Crippen LogP contribution in [0.3, 0.4) is 0 Å². The Morgan fingerprint density at radius 2 is 1.83 bits per heavy atom. The highest BCUT2D eigenvalue weighted by molar-refractivity contribution is 5.93. The lowest BCUT2D eigenvalue weighted by molar-refractivity contribution is -0.121. The largest absolute Gasteiger partial charge is 0.335 e. The Labute approximate surface area is 137 Å². The molecule has 1 unspecified atom stereocenters. The molecule has 1 saturated carbocycles. The summed E-state index contributed by atoms with van der Waals surface area (Å²) in [6.07, 6.45) is 3.14. The number of amides is 3. The molecule has 3 amide bonds. The van der Waals surface area contributed by atoms with E-state index < -0.39 is 35.0 Å². The van der Waals surface area contributed by atoms with E-state index in [0.717, 1.165) is 25.0 Å². The Balaban J connectivity index is 1.62. The van der Waals surface area contributed by atoms with Crippen molar-refractivity contribution in [3.05, 3.63) is 29.6 Å². The summed E-state index contributed by atoms with van der Waals surface area (Å²) in [7, 11) is 0. The number of piperidine rings is 1. The number of carbonyl (C=O) groups excluding carboxylic acids is 2. The van der Waals surface area contributed by atoms with Gasteiger partial charge in [0.25, 0.3) is 0 Å². The minimum atomic E-state index is -1.62. The topological polar surface area (TPSA) is 61.4 Å². The van der Waals surface area contributed by atoms with Crippen LogP contribution >= 0.6 is 0 Å². The maximum absolute atomic E-state index is 13.6. The van der Waals surface area contributed by atoms with Crippen molar-refractivity contribution in [1.82, 2.24) is 10.2 Å². The summed E-state index contributed by atoms with van der Waals surface area (Å²) >= 11 is 0. The van der Waals surface area contributed by atoms with Crippen LogP contribution in [0.25, 0.3) is 0 Å². The number of carbonyl (C=O) groups is 2. The van der Waals surface area contributed by atoms with Crippen molar-refractivity contribution in [2.45, 2.75) is 31.7 Å². The molecule has 0 spiro atoms. The van der Waals surface area contributed by atoms with Gasteiger partial charge in [-0.25, -0.2) is 18.0 Å². The minimum Gasteiger partial charge on any atom is -0.335 e. The molecule has 1 heterocycles. The first-order valence-corrected chi connectivity index (χ1v) is 7.95. The molecule has 8 heteroatoms. The Kier molecular flexibility index (Phi) is 4.64. The van der Waals surface area contributed by atoms with Gasteiger partial charge >= 0.3 is 6.03 Å². The number of anilines is 1. The zero-order chi connectivity index (χ0) is 17.3. The lowest BCUT2D eigenvalue weighted by Crippen LogP contribution is -2.48. The maximum atomic E-state index is 13.6. The van der Waals surface area contributed by atoms with Gasteiger partial charge in [0.1, 0.15) is 0 Å². The second-order valence-electron chi connectivity index (χ2n) is 6.22. The van der Waals surface area contributed by atoms with Crippen molar-refractivity contribution < 1.29 is 22.8 Å². The summed E-state index contributed by atoms with van der Waals surface area (Å²) in [5.41, 5.74) is -0.404. The number of nitrogens with one attached hydrogen (secondary N) is 2. The van der Waals surface area contributed by atoms with E-state index in [9.17, 15) is 22.8 Å². The lowest BCUT2D eigenvalue weighted by atomic mass is 9.97. The van der Waals surface area contributed by atoms with Gasteiger partial charge in [-0.3, -0.25) is 4.79 Å². The summed E-state index contributed by atoms with van der Waals surface area (Å²) in [4.78, 5) is 25.9. The van der Waals surface area contributed by atoms with E-state index in [0.29, 0.717) is 19.4 Å². The molecule has 130 valence electrons. The molecule has 1 aliphatic carbocycles. The highest BCUT2D eigenvalue weighted by Gasteiger charge is 2.31. The fourth-order valence-corrected chi connectivity index (χ4v) is 2.73. The highest BCUT2D eigenvalue weighted by Crippen LogP contribution is 2.24. The van der Waals surface area contributed by atoms with Gasteiger partial charge in [0.05, 0.1) is 11.6 Å².